The highest BCUT2D eigenvalue weighted by Crippen LogP contribution is 2.39. The zero-order valence-electron chi connectivity index (χ0n) is 9.56. The average molecular weight is 339 g/mol. The van der Waals surface area contributed by atoms with Gasteiger partial charge in [-0.25, -0.2) is 4.39 Å². The van der Waals surface area contributed by atoms with E-state index in [4.69, 9.17) is 10.3 Å². The number of hydrogen-bond donors (Lipinski definition) is 1. The number of hydrogen-bond acceptors (Lipinski definition) is 4. The third-order valence-corrected chi connectivity index (χ3v) is 3.97. The highest BCUT2D eigenvalue weighted by molar-refractivity contribution is 9.10. The van der Waals surface area contributed by atoms with Crippen LogP contribution >= 0.6 is 27.3 Å². The predicted octanol–water partition coefficient (Wildman–Crippen LogP) is 4.55. The molecule has 2 heterocycles. The molecule has 0 aliphatic heterocycles. The monoisotopic (exact) mass is 338 g/mol. The number of benzene rings is 1. The summed E-state index contributed by atoms with van der Waals surface area (Å²) in [6.07, 6.45) is 0. The summed E-state index contributed by atoms with van der Waals surface area (Å²) in [6, 6.07) is 8.40. The molecule has 19 heavy (non-hydrogen) atoms. The van der Waals surface area contributed by atoms with Gasteiger partial charge in [0, 0.05) is 14.9 Å². The van der Waals surface area contributed by atoms with Crippen LogP contribution in [0.4, 0.5) is 10.3 Å². The minimum absolute atomic E-state index is 0.234. The smallest absolute Gasteiger partial charge is 0.231 e. The Balaban J connectivity index is 2.21. The van der Waals surface area contributed by atoms with E-state index in [1.165, 1.54) is 23.5 Å². The van der Waals surface area contributed by atoms with E-state index in [2.05, 4.69) is 21.1 Å². The molecule has 0 radical (unpaired) electrons. The van der Waals surface area contributed by atoms with Crippen LogP contribution in [0.5, 0.6) is 0 Å². The van der Waals surface area contributed by atoms with Crippen LogP contribution in [0.15, 0.2) is 44.7 Å². The summed E-state index contributed by atoms with van der Waals surface area (Å²) in [7, 11) is 0. The predicted molar refractivity (Wildman–Crippen MR) is 77.3 cm³/mol. The second-order valence-electron chi connectivity index (χ2n) is 3.91. The molecule has 3 nitrogen and oxygen atoms in total. The summed E-state index contributed by atoms with van der Waals surface area (Å²) in [5.74, 6) is -0.110. The first-order chi connectivity index (χ1) is 9.15. The molecular weight excluding hydrogens is 331 g/mol. The van der Waals surface area contributed by atoms with Gasteiger partial charge in [-0.3, -0.25) is 0 Å². The van der Waals surface area contributed by atoms with Crippen molar-refractivity contribution in [3.05, 3.63) is 46.0 Å². The first kappa shape index (κ1) is 12.4. The first-order valence-electron chi connectivity index (χ1n) is 5.40. The number of nitrogens with two attached hydrogens (primary N) is 1. The summed E-state index contributed by atoms with van der Waals surface area (Å²) >= 11 is 4.79. The van der Waals surface area contributed by atoms with Crippen LogP contribution in [0.25, 0.3) is 21.7 Å². The number of nitrogens with zero attached hydrogens (tertiary/aromatic N) is 1. The molecule has 0 saturated carbocycles. The third-order valence-electron chi connectivity index (χ3n) is 2.62. The van der Waals surface area contributed by atoms with E-state index < -0.39 is 0 Å². The lowest BCUT2D eigenvalue weighted by Gasteiger charge is -2.01. The molecule has 1 aromatic carbocycles. The van der Waals surface area contributed by atoms with Crippen molar-refractivity contribution in [2.75, 3.05) is 5.73 Å². The Hall–Kier alpha value is -1.66. The SMILES string of the molecule is Nc1onc(-c2cc(F)cc(Br)c2)c1-c1cccs1. The molecule has 0 saturated heterocycles. The van der Waals surface area contributed by atoms with Gasteiger partial charge in [0.05, 0.1) is 5.56 Å². The second-order valence-corrected chi connectivity index (χ2v) is 5.77. The van der Waals surface area contributed by atoms with E-state index in [-0.39, 0.29) is 11.7 Å². The summed E-state index contributed by atoms with van der Waals surface area (Å²) in [5, 5.41) is 5.88. The van der Waals surface area contributed by atoms with Crippen molar-refractivity contribution in [1.29, 1.82) is 0 Å². The summed E-state index contributed by atoms with van der Waals surface area (Å²) in [5.41, 5.74) is 7.68. The molecule has 2 N–H and O–H groups in total. The summed E-state index contributed by atoms with van der Waals surface area (Å²) < 4.78 is 19.2. The molecular formula is C13H8BrFN2OS. The fourth-order valence-corrected chi connectivity index (χ4v) is 3.09. The Bertz CT molecular complexity index is 704. The van der Waals surface area contributed by atoms with Crippen LogP contribution in [0, 0.1) is 5.82 Å². The number of anilines is 1. The highest BCUT2D eigenvalue weighted by Gasteiger charge is 2.18. The topological polar surface area (TPSA) is 52.0 Å². The van der Waals surface area contributed by atoms with Gasteiger partial charge in [0.25, 0.3) is 0 Å². The number of thiophene rings is 1. The third kappa shape index (κ3) is 2.29. The van der Waals surface area contributed by atoms with Crippen LogP contribution in [0.1, 0.15) is 0 Å². The van der Waals surface area contributed by atoms with Gasteiger partial charge in [0.15, 0.2) is 0 Å². The lowest BCUT2D eigenvalue weighted by atomic mass is 10.1. The van der Waals surface area contributed by atoms with E-state index in [0.717, 1.165) is 4.88 Å². The van der Waals surface area contributed by atoms with E-state index in [1.54, 1.807) is 6.07 Å². The molecule has 0 bridgehead atoms. The van der Waals surface area contributed by atoms with Crippen LogP contribution in [-0.4, -0.2) is 5.16 Å². The van der Waals surface area contributed by atoms with Crippen molar-refractivity contribution in [2.24, 2.45) is 0 Å². The molecule has 3 aromatic rings. The number of aromatic nitrogens is 1. The maximum absolute atomic E-state index is 13.5. The van der Waals surface area contributed by atoms with Gasteiger partial charge in [0.2, 0.25) is 5.88 Å². The molecule has 0 fully saturated rings. The summed E-state index contributed by atoms with van der Waals surface area (Å²) in [6.45, 7) is 0. The van der Waals surface area contributed by atoms with Gasteiger partial charge in [-0.15, -0.1) is 11.3 Å². The van der Waals surface area contributed by atoms with Gasteiger partial charge < -0.3 is 10.3 Å². The van der Waals surface area contributed by atoms with Crippen molar-refractivity contribution in [1.82, 2.24) is 5.16 Å². The standard InChI is InChI=1S/C13H8BrFN2OS/c14-8-4-7(5-9(15)6-8)12-11(13(16)18-17-12)10-2-1-3-19-10/h1-6H,16H2. The fraction of sp³-hybridized carbons (Fsp3) is 0. The van der Waals surface area contributed by atoms with Crippen molar-refractivity contribution in [3.8, 4) is 21.7 Å². The highest BCUT2D eigenvalue weighted by atomic mass is 79.9. The van der Waals surface area contributed by atoms with Gasteiger partial charge in [-0.2, -0.15) is 0 Å². The lowest BCUT2D eigenvalue weighted by Crippen LogP contribution is -1.87. The van der Waals surface area contributed by atoms with E-state index in [9.17, 15) is 4.39 Å². The van der Waals surface area contributed by atoms with Crippen molar-refractivity contribution in [2.45, 2.75) is 0 Å². The molecule has 0 aliphatic carbocycles. The Morgan fingerprint density at radius 1 is 1.32 bits per heavy atom. The lowest BCUT2D eigenvalue weighted by molar-refractivity contribution is 0.439. The molecule has 0 atom stereocenters. The Morgan fingerprint density at radius 3 is 2.84 bits per heavy atom. The Labute approximate surface area is 121 Å². The van der Waals surface area contributed by atoms with Crippen molar-refractivity contribution in [3.63, 3.8) is 0 Å². The van der Waals surface area contributed by atoms with Crippen molar-refractivity contribution < 1.29 is 8.91 Å². The van der Waals surface area contributed by atoms with Gasteiger partial charge in [0.1, 0.15) is 11.5 Å². The quantitative estimate of drug-likeness (QED) is 0.745. The number of nitrogen functional groups attached to an aromatic ring is 1. The van der Waals surface area contributed by atoms with Gasteiger partial charge >= 0.3 is 0 Å². The van der Waals surface area contributed by atoms with E-state index in [1.807, 2.05) is 17.5 Å². The van der Waals surface area contributed by atoms with Crippen LogP contribution in [0.2, 0.25) is 0 Å². The molecule has 0 spiro atoms. The second kappa shape index (κ2) is 4.79. The largest absolute Gasteiger partial charge is 0.367 e. The van der Waals surface area contributed by atoms with Crippen LogP contribution in [-0.2, 0) is 0 Å². The Morgan fingerprint density at radius 2 is 2.16 bits per heavy atom. The minimum atomic E-state index is -0.344. The number of halogens is 2. The molecule has 0 amide bonds. The van der Waals surface area contributed by atoms with Gasteiger partial charge in [-0.05, 0) is 29.6 Å². The summed E-state index contributed by atoms with van der Waals surface area (Å²) in [4.78, 5) is 0.939. The maximum Gasteiger partial charge on any atom is 0.231 e. The molecule has 6 heteroatoms. The fourth-order valence-electron chi connectivity index (χ4n) is 1.85. The van der Waals surface area contributed by atoms with Crippen LogP contribution in [0.3, 0.4) is 0 Å². The van der Waals surface area contributed by atoms with E-state index in [0.29, 0.717) is 21.3 Å². The molecule has 0 unspecified atom stereocenters. The molecule has 96 valence electrons. The Kier molecular flexibility index (Phi) is 3.12. The number of rotatable bonds is 2. The molecule has 0 aliphatic rings. The zero-order chi connectivity index (χ0) is 13.4. The van der Waals surface area contributed by atoms with Crippen LogP contribution < -0.4 is 5.73 Å². The average Bonchev–Trinajstić information content (AvgIpc) is 2.96. The zero-order valence-corrected chi connectivity index (χ0v) is 12.0. The maximum atomic E-state index is 13.5. The first-order valence-corrected chi connectivity index (χ1v) is 7.08. The minimum Gasteiger partial charge on any atom is -0.367 e. The van der Waals surface area contributed by atoms with Gasteiger partial charge in [-0.1, -0.05) is 27.2 Å². The molecule has 3 rings (SSSR count). The molecule has 2 aromatic heterocycles. The normalized spacial score (nSPS) is 10.8. The van der Waals surface area contributed by atoms with Crippen molar-refractivity contribution >= 4 is 33.2 Å². The van der Waals surface area contributed by atoms with E-state index >= 15 is 0 Å².